The highest BCUT2D eigenvalue weighted by molar-refractivity contribution is 7.47. The Labute approximate surface area is 678 Å². The summed E-state index contributed by atoms with van der Waals surface area (Å²) in [4.78, 5) is 73.2. The lowest BCUT2D eigenvalue weighted by molar-refractivity contribution is -0.161. The first-order valence-electron chi connectivity index (χ1n) is 42.3. The lowest BCUT2D eigenvalue weighted by Crippen LogP contribution is -2.30. The topological polar surface area (TPSA) is 237 Å². The molecular weight excluding hydrogens is 1450 g/mol. The van der Waals surface area contributed by atoms with Gasteiger partial charge in [0.2, 0.25) is 0 Å². The fourth-order valence-electron chi connectivity index (χ4n) is 10.4. The zero-order chi connectivity index (χ0) is 81.7. The average molecular weight is 1600 g/mol. The van der Waals surface area contributed by atoms with Gasteiger partial charge >= 0.3 is 39.5 Å². The first-order chi connectivity index (χ1) is 54.7. The standard InChI is InChI=1S/C93H148O17P2/c1-5-9-13-17-21-25-29-33-37-40-43-46-50-53-57-61-65-69-73-77-90(95)103-83-88(109-92(97)79-75-71-67-63-59-55-49-36-32-28-24-20-16-12-8-4)85-107-111(99,100)105-81-87(94)82-106-112(101,102)108-86-89(110-93(98)80-76-72-68-64-60-56-52-48-45-42-39-35-31-27-23-19-15-11-7-3)84-104-91(96)78-74-70-66-62-58-54-51-47-44-41-38-34-30-26-22-18-14-10-6-2/h9-11,13-15,21-23,25-28,32-35,37-39,43-48,53-54,56-58,60,68,72,87-89,94H,5-8,12,16-20,24,29-31,36,40-42,49-52,55,59,61-67,69-71,73-86H2,1-4H3,(H,99,100)(H,101,102)/b13-9-,14-10-,15-11-,25-21-,26-22-,27-23-,32-28-,37-33-,38-34-,39-35-,46-43-,47-44-,48-45-,57-53-,58-54-,60-56-,72-68-/t87-,88+,89+/m0/s1. The van der Waals surface area contributed by atoms with E-state index in [2.05, 4.69) is 216 Å². The van der Waals surface area contributed by atoms with E-state index < -0.39 is 97.5 Å². The van der Waals surface area contributed by atoms with Crippen molar-refractivity contribution in [2.45, 2.75) is 316 Å². The Balaban J connectivity index is 5.54. The van der Waals surface area contributed by atoms with E-state index in [-0.39, 0.29) is 25.7 Å². The third-order valence-electron chi connectivity index (χ3n) is 16.7. The monoisotopic (exact) mass is 1600 g/mol. The van der Waals surface area contributed by atoms with Crippen LogP contribution in [0.5, 0.6) is 0 Å². The summed E-state index contributed by atoms with van der Waals surface area (Å²) in [6.07, 6.45) is 104. The SMILES string of the molecule is CC/C=C\C/C=C\C/C=C\C/C=C\C/C=C\C/C=C\CCC(=O)O[C@H](COC(=O)CCCCC/C=C\C/C=C\C/C=C\C/C=C\C/C=C\CC)COP(=O)(O)OC[C@@H](O)COP(=O)(O)OC[C@@H](COC(=O)CCCCC/C=C\C/C=C\C/C=C\C/C=C\C/C=C\CC)OC(=O)CCCCCCCCC/C=C\CCCCCC. The lowest BCUT2D eigenvalue weighted by Gasteiger charge is -2.21. The van der Waals surface area contributed by atoms with E-state index in [1.54, 1.807) is 0 Å². The minimum absolute atomic E-state index is 0.0473. The number of carbonyl (C=O) groups is 4. The number of allylic oxidation sites excluding steroid dienone is 34. The maximum absolute atomic E-state index is 13.1. The molecule has 0 radical (unpaired) electrons. The van der Waals surface area contributed by atoms with Gasteiger partial charge in [-0.2, -0.15) is 0 Å². The summed E-state index contributed by atoms with van der Waals surface area (Å²) in [7, 11) is -10.0. The Morgan fingerprint density at radius 3 is 0.786 bits per heavy atom. The lowest BCUT2D eigenvalue weighted by atomic mass is 10.1. The third-order valence-corrected chi connectivity index (χ3v) is 18.6. The van der Waals surface area contributed by atoms with Crippen LogP contribution < -0.4 is 0 Å². The first kappa shape index (κ1) is 106. The van der Waals surface area contributed by atoms with E-state index in [1.165, 1.54) is 25.7 Å². The molecule has 0 heterocycles. The quantitative estimate of drug-likeness (QED) is 0.0169. The van der Waals surface area contributed by atoms with Crippen molar-refractivity contribution in [2.75, 3.05) is 39.6 Å². The molecule has 0 aromatic rings. The zero-order valence-corrected chi connectivity index (χ0v) is 71.0. The van der Waals surface area contributed by atoms with Gasteiger partial charge in [-0.25, -0.2) is 9.13 Å². The Hall–Kier alpha value is -6.36. The molecule has 0 bridgehead atoms. The van der Waals surface area contributed by atoms with Crippen LogP contribution in [0, 0.1) is 0 Å². The van der Waals surface area contributed by atoms with E-state index in [0.717, 1.165) is 186 Å². The number of phosphoric acid groups is 2. The van der Waals surface area contributed by atoms with Crippen molar-refractivity contribution in [3.8, 4) is 0 Å². The minimum atomic E-state index is -5.02. The van der Waals surface area contributed by atoms with Crippen molar-refractivity contribution in [2.24, 2.45) is 0 Å². The van der Waals surface area contributed by atoms with Crippen LogP contribution in [-0.4, -0.2) is 96.7 Å². The van der Waals surface area contributed by atoms with E-state index in [0.29, 0.717) is 32.1 Å². The maximum Gasteiger partial charge on any atom is 0.472 e. The summed E-state index contributed by atoms with van der Waals surface area (Å²) in [5.41, 5.74) is 0. The number of esters is 4. The van der Waals surface area contributed by atoms with Gasteiger partial charge in [-0.15, -0.1) is 0 Å². The molecule has 17 nitrogen and oxygen atoms in total. The van der Waals surface area contributed by atoms with Gasteiger partial charge in [0.15, 0.2) is 12.2 Å². The number of unbranched alkanes of at least 4 members (excludes halogenated alkanes) is 17. The highest BCUT2D eigenvalue weighted by Crippen LogP contribution is 2.45. The van der Waals surface area contributed by atoms with Gasteiger partial charge in [0, 0.05) is 25.7 Å². The van der Waals surface area contributed by atoms with Crippen molar-refractivity contribution in [3.63, 3.8) is 0 Å². The number of aliphatic hydroxyl groups excluding tert-OH is 1. The molecule has 0 amide bonds. The molecular formula is C93H148O17P2. The fourth-order valence-corrected chi connectivity index (χ4v) is 12.0. The van der Waals surface area contributed by atoms with Gasteiger partial charge in [0.05, 0.1) is 26.4 Å². The number of hydrogen-bond donors (Lipinski definition) is 3. The van der Waals surface area contributed by atoms with Gasteiger partial charge in [0.25, 0.3) is 0 Å². The first-order valence-corrected chi connectivity index (χ1v) is 45.3. The molecule has 3 N–H and O–H groups in total. The summed E-state index contributed by atoms with van der Waals surface area (Å²) < 4.78 is 68.7. The van der Waals surface area contributed by atoms with E-state index in [4.69, 9.17) is 37.0 Å². The van der Waals surface area contributed by atoms with Gasteiger partial charge in [-0.1, -0.05) is 298 Å². The second kappa shape index (κ2) is 82.6. The van der Waals surface area contributed by atoms with Crippen molar-refractivity contribution in [3.05, 3.63) is 207 Å². The minimum Gasteiger partial charge on any atom is -0.462 e. The molecule has 0 aromatic heterocycles. The predicted molar refractivity (Wildman–Crippen MR) is 463 cm³/mol. The van der Waals surface area contributed by atoms with Crippen molar-refractivity contribution in [1.82, 2.24) is 0 Å². The van der Waals surface area contributed by atoms with Crippen molar-refractivity contribution >= 4 is 39.5 Å². The number of hydrogen-bond acceptors (Lipinski definition) is 15. The van der Waals surface area contributed by atoms with Gasteiger partial charge < -0.3 is 33.8 Å². The van der Waals surface area contributed by atoms with Gasteiger partial charge in [-0.3, -0.25) is 37.3 Å². The molecule has 19 heteroatoms. The van der Waals surface area contributed by atoms with Crippen LogP contribution in [0.3, 0.4) is 0 Å². The Morgan fingerprint density at radius 1 is 0.259 bits per heavy atom. The smallest absolute Gasteiger partial charge is 0.462 e. The molecule has 0 aliphatic heterocycles. The van der Waals surface area contributed by atoms with Crippen molar-refractivity contribution < 1.29 is 80.2 Å². The van der Waals surface area contributed by atoms with E-state index in [9.17, 15) is 43.2 Å². The largest absolute Gasteiger partial charge is 0.472 e. The molecule has 0 rings (SSSR count). The van der Waals surface area contributed by atoms with Crippen LogP contribution in [0.4, 0.5) is 0 Å². The summed E-state index contributed by atoms with van der Waals surface area (Å²) >= 11 is 0. The second-order valence-electron chi connectivity index (χ2n) is 27.3. The highest BCUT2D eigenvalue weighted by atomic mass is 31.2. The molecule has 5 atom stereocenters. The third kappa shape index (κ3) is 81.6. The van der Waals surface area contributed by atoms with Crippen LogP contribution in [0.15, 0.2) is 207 Å². The summed E-state index contributed by atoms with van der Waals surface area (Å²) in [6, 6.07) is 0. The van der Waals surface area contributed by atoms with Crippen LogP contribution in [-0.2, 0) is 65.4 Å². The molecule has 0 spiro atoms. The van der Waals surface area contributed by atoms with Crippen molar-refractivity contribution in [1.29, 1.82) is 0 Å². The maximum atomic E-state index is 13.1. The summed E-state index contributed by atoms with van der Waals surface area (Å²) in [5.74, 6) is -2.37. The molecule has 0 aromatic carbocycles. The normalized spacial score (nSPS) is 14.8. The Kier molecular flexibility index (Phi) is 77.9. The second-order valence-corrected chi connectivity index (χ2v) is 30.2. The molecule has 0 aliphatic rings. The Bertz CT molecular complexity index is 2940. The molecule has 0 saturated heterocycles. The molecule has 0 fully saturated rings. The van der Waals surface area contributed by atoms with Gasteiger partial charge in [-0.05, 0) is 180 Å². The van der Waals surface area contributed by atoms with E-state index >= 15 is 0 Å². The van der Waals surface area contributed by atoms with Crippen LogP contribution in [0.1, 0.15) is 297 Å². The summed E-state index contributed by atoms with van der Waals surface area (Å²) in [6.45, 7) is 4.34. The number of aliphatic hydroxyl groups is 1. The van der Waals surface area contributed by atoms with E-state index in [1.807, 2.05) is 18.2 Å². The zero-order valence-electron chi connectivity index (χ0n) is 69.3. The van der Waals surface area contributed by atoms with Gasteiger partial charge in [0.1, 0.15) is 19.3 Å². The molecule has 632 valence electrons. The number of phosphoric ester groups is 2. The van der Waals surface area contributed by atoms with Crippen LogP contribution >= 0.6 is 15.6 Å². The predicted octanol–water partition coefficient (Wildman–Crippen LogP) is 25.4. The number of carbonyl (C=O) groups excluding carboxylic acids is 4. The molecule has 2 unspecified atom stereocenters. The number of rotatable bonds is 77. The van der Waals surface area contributed by atoms with Crippen LogP contribution in [0.25, 0.3) is 0 Å². The molecule has 0 saturated carbocycles. The van der Waals surface area contributed by atoms with Crippen LogP contribution in [0.2, 0.25) is 0 Å². The molecule has 112 heavy (non-hydrogen) atoms. The number of ether oxygens (including phenoxy) is 4. The highest BCUT2D eigenvalue weighted by Gasteiger charge is 2.30. The fraction of sp³-hybridized carbons (Fsp3) is 0.591. The molecule has 0 aliphatic carbocycles. The summed E-state index contributed by atoms with van der Waals surface area (Å²) in [5, 5.41) is 10.7. The Morgan fingerprint density at radius 2 is 0.482 bits per heavy atom. The average Bonchev–Trinajstić information content (AvgIpc) is 0.897.